The molecule has 0 bridgehead atoms. The molecule has 0 saturated heterocycles. The molecule has 2 aromatic heterocycles. The van der Waals surface area contributed by atoms with Crippen LogP contribution in [0.5, 0.6) is 0 Å². The van der Waals surface area contributed by atoms with E-state index >= 15 is 4.39 Å². The van der Waals surface area contributed by atoms with Crippen LogP contribution in [0.2, 0.25) is 5.02 Å². The Morgan fingerprint density at radius 1 is 1.03 bits per heavy atom. The van der Waals surface area contributed by atoms with E-state index in [1.807, 2.05) is 0 Å². The van der Waals surface area contributed by atoms with Gasteiger partial charge in [0.1, 0.15) is 11.7 Å². The smallest absolute Gasteiger partial charge is 0.356 e. The Labute approximate surface area is 196 Å². The molecule has 0 saturated carbocycles. The molecule has 10 heteroatoms. The highest BCUT2D eigenvalue weighted by Crippen LogP contribution is 2.42. The average molecular weight is 493 g/mol. The van der Waals surface area contributed by atoms with Crippen LogP contribution >= 0.6 is 11.6 Å². The van der Waals surface area contributed by atoms with Gasteiger partial charge in [0, 0.05) is 39.4 Å². The molecular weight excluding hydrogens is 475 g/mol. The third-order valence-corrected chi connectivity index (χ3v) is 6.31. The monoisotopic (exact) mass is 492 g/mol. The lowest BCUT2D eigenvalue weighted by Crippen LogP contribution is -2.38. The van der Waals surface area contributed by atoms with Gasteiger partial charge >= 0.3 is 6.18 Å². The molecule has 4 aromatic rings. The third kappa shape index (κ3) is 3.68. The topological polar surface area (TPSA) is 44.8 Å². The van der Waals surface area contributed by atoms with E-state index in [-0.39, 0.29) is 29.3 Å². The number of nitrogens with one attached hydrogen (secondary N) is 1. The second kappa shape index (κ2) is 7.94. The molecule has 0 amide bonds. The Bertz CT molecular complexity index is 1430. The van der Waals surface area contributed by atoms with E-state index in [0.717, 1.165) is 22.5 Å². The largest absolute Gasteiger partial charge is 0.433 e. The quantitative estimate of drug-likeness (QED) is 0.318. The minimum atomic E-state index is -4.68. The molecular formula is C24H18ClF5N4. The summed E-state index contributed by atoms with van der Waals surface area (Å²) in [5.41, 5.74) is 1.21. The summed E-state index contributed by atoms with van der Waals surface area (Å²) in [4.78, 5) is 12.7. The van der Waals surface area contributed by atoms with Crippen molar-refractivity contribution in [3.05, 3.63) is 86.8 Å². The van der Waals surface area contributed by atoms with Crippen LogP contribution in [0.25, 0.3) is 10.9 Å². The van der Waals surface area contributed by atoms with Gasteiger partial charge in [-0.15, -0.1) is 0 Å². The van der Waals surface area contributed by atoms with Crippen molar-refractivity contribution in [2.45, 2.75) is 32.5 Å². The van der Waals surface area contributed by atoms with Gasteiger partial charge in [0.05, 0.1) is 0 Å². The first-order chi connectivity index (χ1) is 16.0. The molecule has 1 aliphatic heterocycles. The fraction of sp³-hybridized carbons (Fsp3) is 0.250. The second-order valence-corrected chi connectivity index (χ2v) is 8.78. The Balaban J connectivity index is 1.76. The fourth-order valence-electron chi connectivity index (χ4n) is 4.50. The van der Waals surface area contributed by atoms with Crippen molar-refractivity contribution < 1.29 is 22.0 Å². The summed E-state index contributed by atoms with van der Waals surface area (Å²) >= 11 is 6.18. The molecule has 0 spiro atoms. The number of anilines is 1. The summed E-state index contributed by atoms with van der Waals surface area (Å²) in [5.74, 6) is -2.28. The molecule has 2 aromatic carbocycles. The van der Waals surface area contributed by atoms with Crippen molar-refractivity contribution in [3.8, 4) is 0 Å². The first kappa shape index (κ1) is 22.6. The molecule has 5 rings (SSSR count). The Morgan fingerprint density at radius 2 is 1.79 bits per heavy atom. The Morgan fingerprint density at radius 3 is 2.53 bits per heavy atom. The molecule has 4 nitrogen and oxygen atoms in total. The predicted octanol–water partition coefficient (Wildman–Crippen LogP) is 6.68. The van der Waals surface area contributed by atoms with Gasteiger partial charge in [-0.1, -0.05) is 23.7 Å². The molecule has 1 aliphatic rings. The SMILES string of the molecule is Cc1cc(C(F)(F)F)nc(N2CCc3c([nH]c4ccc(Cl)cc34)[C@H]2c2ccc(C)c(F)c2F)n1. The maximum Gasteiger partial charge on any atom is 0.433 e. The number of aryl methyl sites for hydroxylation is 2. The normalized spacial score (nSPS) is 16.2. The number of aromatic nitrogens is 3. The molecule has 0 unspecified atom stereocenters. The number of benzene rings is 2. The molecule has 176 valence electrons. The summed E-state index contributed by atoms with van der Waals surface area (Å²) < 4.78 is 70.3. The van der Waals surface area contributed by atoms with Crippen LogP contribution in [-0.4, -0.2) is 21.5 Å². The standard InChI is InChI=1S/C24H18ClF5N4/c1-11-3-5-15(20(27)19(11)26)22-21-14(16-10-13(25)4-6-17(16)32-21)7-8-34(22)23-31-12(2)9-18(33-23)24(28,29)30/h3-6,9-10,22,32H,7-8H2,1-2H3/t22-/m1/s1. The van der Waals surface area contributed by atoms with Crippen molar-refractivity contribution in [1.29, 1.82) is 0 Å². The number of hydrogen-bond acceptors (Lipinski definition) is 3. The molecule has 0 aliphatic carbocycles. The fourth-order valence-corrected chi connectivity index (χ4v) is 4.67. The number of H-pyrrole nitrogens is 1. The molecule has 34 heavy (non-hydrogen) atoms. The number of rotatable bonds is 2. The lowest BCUT2D eigenvalue weighted by molar-refractivity contribution is -0.141. The first-order valence-corrected chi connectivity index (χ1v) is 10.9. The number of hydrogen-bond donors (Lipinski definition) is 1. The lowest BCUT2D eigenvalue weighted by Gasteiger charge is -2.36. The zero-order chi connectivity index (χ0) is 24.4. The van der Waals surface area contributed by atoms with Crippen LogP contribution in [0.3, 0.4) is 0 Å². The number of aromatic amines is 1. The van der Waals surface area contributed by atoms with E-state index in [0.29, 0.717) is 17.1 Å². The van der Waals surface area contributed by atoms with Crippen molar-refractivity contribution >= 4 is 28.5 Å². The highest BCUT2D eigenvalue weighted by Gasteiger charge is 2.38. The van der Waals surface area contributed by atoms with E-state index < -0.39 is 29.5 Å². The van der Waals surface area contributed by atoms with Gasteiger partial charge in [0.15, 0.2) is 11.6 Å². The van der Waals surface area contributed by atoms with Crippen LogP contribution in [0.15, 0.2) is 36.4 Å². The summed E-state index contributed by atoms with van der Waals surface area (Å²) in [6.07, 6.45) is -4.27. The van der Waals surface area contributed by atoms with E-state index in [2.05, 4.69) is 15.0 Å². The molecule has 1 N–H and O–H groups in total. The highest BCUT2D eigenvalue weighted by molar-refractivity contribution is 6.31. The van der Waals surface area contributed by atoms with E-state index in [1.54, 1.807) is 18.2 Å². The summed E-state index contributed by atoms with van der Waals surface area (Å²) in [5, 5.41) is 1.33. The number of alkyl halides is 3. The summed E-state index contributed by atoms with van der Waals surface area (Å²) in [6.45, 7) is 3.06. The van der Waals surface area contributed by atoms with E-state index in [9.17, 15) is 17.6 Å². The lowest BCUT2D eigenvalue weighted by atomic mass is 9.91. The van der Waals surface area contributed by atoms with Gasteiger partial charge in [-0.25, -0.2) is 18.7 Å². The average Bonchev–Trinajstić information content (AvgIpc) is 3.14. The highest BCUT2D eigenvalue weighted by atomic mass is 35.5. The first-order valence-electron chi connectivity index (χ1n) is 10.5. The third-order valence-electron chi connectivity index (χ3n) is 6.08. The maximum atomic E-state index is 15.2. The van der Waals surface area contributed by atoms with E-state index in [1.165, 1.54) is 30.9 Å². The number of halogens is 6. The van der Waals surface area contributed by atoms with Crippen molar-refractivity contribution in [2.24, 2.45) is 0 Å². The van der Waals surface area contributed by atoms with Crippen molar-refractivity contribution in [2.75, 3.05) is 11.4 Å². The minimum Gasteiger partial charge on any atom is -0.356 e. The van der Waals surface area contributed by atoms with Gasteiger partial charge < -0.3 is 9.88 Å². The van der Waals surface area contributed by atoms with Crippen LogP contribution < -0.4 is 4.90 Å². The Kier molecular flexibility index (Phi) is 5.27. The zero-order valence-corrected chi connectivity index (χ0v) is 18.8. The minimum absolute atomic E-state index is 0.0274. The van der Waals surface area contributed by atoms with Crippen molar-refractivity contribution in [1.82, 2.24) is 15.0 Å². The van der Waals surface area contributed by atoms with Crippen LogP contribution in [0.1, 0.15) is 39.8 Å². The van der Waals surface area contributed by atoms with Gasteiger partial charge in [-0.05, 0) is 55.7 Å². The summed E-state index contributed by atoms with van der Waals surface area (Å²) in [7, 11) is 0. The van der Waals surface area contributed by atoms with Crippen molar-refractivity contribution in [3.63, 3.8) is 0 Å². The van der Waals surface area contributed by atoms with Gasteiger partial charge in [0.2, 0.25) is 5.95 Å². The molecule has 1 atom stereocenters. The van der Waals surface area contributed by atoms with Gasteiger partial charge in [-0.2, -0.15) is 13.2 Å². The van der Waals surface area contributed by atoms with Crippen LogP contribution in [-0.2, 0) is 12.6 Å². The maximum absolute atomic E-state index is 15.2. The van der Waals surface area contributed by atoms with Gasteiger partial charge in [-0.3, -0.25) is 0 Å². The zero-order valence-electron chi connectivity index (χ0n) is 18.1. The molecule has 0 radical (unpaired) electrons. The predicted molar refractivity (Wildman–Crippen MR) is 119 cm³/mol. The Hall–Kier alpha value is -3.20. The van der Waals surface area contributed by atoms with E-state index in [4.69, 9.17) is 11.6 Å². The number of nitrogens with zero attached hydrogens (tertiary/aromatic N) is 3. The van der Waals surface area contributed by atoms with Crippen LogP contribution in [0.4, 0.5) is 27.9 Å². The second-order valence-electron chi connectivity index (χ2n) is 8.35. The number of fused-ring (bicyclic) bond motifs is 3. The van der Waals surface area contributed by atoms with Crippen LogP contribution in [0, 0.1) is 25.5 Å². The summed E-state index contributed by atoms with van der Waals surface area (Å²) in [6, 6.07) is 8.00. The molecule has 0 fully saturated rings. The molecule has 3 heterocycles. The van der Waals surface area contributed by atoms with Gasteiger partial charge in [0.25, 0.3) is 0 Å².